The first-order valence-corrected chi connectivity index (χ1v) is 6.79. The van der Waals surface area contributed by atoms with Crippen LogP contribution < -0.4 is 5.32 Å². The summed E-state index contributed by atoms with van der Waals surface area (Å²) in [4.78, 5) is 9.41. The third-order valence-corrected chi connectivity index (χ3v) is 3.29. The molecule has 0 amide bonds. The molecular formula is C14H25N3. The molecule has 0 radical (unpaired) electrons. The minimum Gasteiger partial charge on any atom is -0.370 e. The molecule has 0 atom stereocenters. The molecule has 0 saturated carbocycles. The quantitative estimate of drug-likeness (QED) is 0.817. The summed E-state index contributed by atoms with van der Waals surface area (Å²) in [6.07, 6.45) is 3.18. The van der Waals surface area contributed by atoms with Gasteiger partial charge in [-0.15, -0.1) is 0 Å². The second-order valence-electron chi connectivity index (χ2n) is 4.40. The van der Waals surface area contributed by atoms with Gasteiger partial charge in [-0.3, -0.25) is 0 Å². The van der Waals surface area contributed by atoms with Crippen molar-refractivity contribution in [2.24, 2.45) is 0 Å². The molecular weight excluding hydrogens is 210 g/mol. The highest BCUT2D eigenvalue weighted by atomic mass is 15.0. The maximum Gasteiger partial charge on any atom is 0.134 e. The lowest BCUT2D eigenvalue weighted by molar-refractivity contribution is 0.597. The van der Waals surface area contributed by atoms with Crippen molar-refractivity contribution < 1.29 is 0 Å². The Morgan fingerprint density at radius 1 is 1.06 bits per heavy atom. The molecule has 3 nitrogen and oxygen atoms in total. The maximum absolute atomic E-state index is 4.72. The first kappa shape index (κ1) is 13.9. The highest BCUT2D eigenvalue weighted by molar-refractivity contribution is 5.46. The minimum atomic E-state index is 0.485. The Bertz CT molecular complexity index is 357. The fourth-order valence-electron chi connectivity index (χ4n) is 2.10. The van der Waals surface area contributed by atoms with Crippen molar-refractivity contribution >= 4 is 5.82 Å². The number of aryl methyl sites for hydroxylation is 1. The number of hydrogen-bond acceptors (Lipinski definition) is 3. The van der Waals surface area contributed by atoms with Crippen LogP contribution in [0, 0.1) is 6.92 Å². The molecule has 0 fully saturated rings. The van der Waals surface area contributed by atoms with Gasteiger partial charge in [-0.2, -0.15) is 0 Å². The van der Waals surface area contributed by atoms with Gasteiger partial charge in [0.1, 0.15) is 11.6 Å². The Morgan fingerprint density at radius 3 is 2.18 bits per heavy atom. The zero-order chi connectivity index (χ0) is 12.8. The predicted octanol–water partition coefficient (Wildman–Crippen LogP) is 3.68. The Labute approximate surface area is 105 Å². The van der Waals surface area contributed by atoms with Crippen molar-refractivity contribution in [2.45, 2.75) is 59.8 Å². The Balaban J connectivity index is 3.18. The maximum atomic E-state index is 4.72. The average Bonchev–Trinajstić information content (AvgIpc) is 2.34. The summed E-state index contributed by atoms with van der Waals surface area (Å²) in [5, 5.41) is 3.34. The first-order valence-electron chi connectivity index (χ1n) is 6.79. The van der Waals surface area contributed by atoms with Gasteiger partial charge in [-0.05, 0) is 33.1 Å². The van der Waals surface area contributed by atoms with Crippen LogP contribution in [0.25, 0.3) is 0 Å². The van der Waals surface area contributed by atoms with Crippen molar-refractivity contribution in [3.05, 3.63) is 17.1 Å². The van der Waals surface area contributed by atoms with Crippen molar-refractivity contribution in [2.75, 3.05) is 11.9 Å². The first-order chi connectivity index (χ1) is 8.17. The molecule has 0 aliphatic carbocycles. The zero-order valence-electron chi connectivity index (χ0n) is 11.8. The number of hydrogen-bond donors (Lipinski definition) is 1. The van der Waals surface area contributed by atoms with Crippen LogP contribution in [0.15, 0.2) is 0 Å². The normalized spacial score (nSPS) is 10.9. The number of anilines is 1. The Kier molecular flexibility index (Phi) is 5.39. The van der Waals surface area contributed by atoms with Crippen LogP contribution in [0.4, 0.5) is 5.82 Å². The van der Waals surface area contributed by atoms with Gasteiger partial charge in [0.05, 0.1) is 0 Å². The molecule has 0 unspecified atom stereocenters. The smallest absolute Gasteiger partial charge is 0.134 e. The Morgan fingerprint density at radius 2 is 1.71 bits per heavy atom. The monoisotopic (exact) mass is 235 g/mol. The van der Waals surface area contributed by atoms with Crippen LogP contribution in [-0.4, -0.2) is 16.5 Å². The number of aromatic nitrogens is 2. The van der Waals surface area contributed by atoms with Crippen molar-refractivity contribution in [1.82, 2.24) is 9.97 Å². The van der Waals surface area contributed by atoms with Gasteiger partial charge in [0.2, 0.25) is 0 Å². The van der Waals surface area contributed by atoms with Crippen LogP contribution in [0.2, 0.25) is 0 Å². The van der Waals surface area contributed by atoms with Gasteiger partial charge in [-0.25, -0.2) is 9.97 Å². The Hall–Kier alpha value is -1.12. The summed E-state index contributed by atoms with van der Waals surface area (Å²) >= 11 is 0. The van der Waals surface area contributed by atoms with E-state index in [9.17, 15) is 0 Å². The van der Waals surface area contributed by atoms with Gasteiger partial charge < -0.3 is 5.32 Å². The molecule has 17 heavy (non-hydrogen) atoms. The van der Waals surface area contributed by atoms with Crippen LogP contribution in [0.5, 0.6) is 0 Å². The molecule has 1 aromatic heterocycles. The average molecular weight is 235 g/mol. The summed E-state index contributed by atoms with van der Waals surface area (Å²) in [6.45, 7) is 11.7. The zero-order valence-corrected chi connectivity index (χ0v) is 11.8. The fraction of sp³-hybridized carbons (Fsp3) is 0.714. The second-order valence-corrected chi connectivity index (χ2v) is 4.40. The minimum absolute atomic E-state index is 0.485. The van der Waals surface area contributed by atoms with Crippen molar-refractivity contribution in [1.29, 1.82) is 0 Å². The van der Waals surface area contributed by atoms with E-state index in [0.717, 1.165) is 37.4 Å². The van der Waals surface area contributed by atoms with Gasteiger partial charge in [0.25, 0.3) is 0 Å². The standard InChI is InChI=1S/C14H25N3/c1-6-11(7-2)14-16-12(8-3)10(5)13(17-14)15-9-4/h11H,6-9H2,1-5H3,(H,15,16,17). The highest BCUT2D eigenvalue weighted by Gasteiger charge is 2.15. The van der Waals surface area contributed by atoms with E-state index < -0.39 is 0 Å². The van der Waals surface area contributed by atoms with E-state index in [1.807, 2.05) is 0 Å². The molecule has 0 aromatic carbocycles. The highest BCUT2D eigenvalue weighted by Crippen LogP contribution is 2.24. The van der Waals surface area contributed by atoms with Gasteiger partial charge in [-0.1, -0.05) is 20.8 Å². The lowest BCUT2D eigenvalue weighted by Gasteiger charge is -2.16. The summed E-state index contributed by atoms with van der Waals surface area (Å²) in [7, 11) is 0. The van der Waals surface area contributed by atoms with Crippen LogP contribution in [0.1, 0.15) is 63.5 Å². The van der Waals surface area contributed by atoms with Gasteiger partial charge in [0.15, 0.2) is 0 Å². The molecule has 1 aromatic rings. The molecule has 0 spiro atoms. The lowest BCUT2D eigenvalue weighted by Crippen LogP contribution is -2.11. The molecule has 1 heterocycles. The van der Waals surface area contributed by atoms with E-state index >= 15 is 0 Å². The molecule has 0 aliphatic heterocycles. The molecule has 1 rings (SSSR count). The molecule has 0 saturated heterocycles. The molecule has 1 N–H and O–H groups in total. The molecule has 0 aliphatic rings. The summed E-state index contributed by atoms with van der Waals surface area (Å²) < 4.78 is 0. The van der Waals surface area contributed by atoms with Crippen molar-refractivity contribution in [3.8, 4) is 0 Å². The summed E-state index contributed by atoms with van der Waals surface area (Å²) in [6, 6.07) is 0. The number of nitrogens with zero attached hydrogens (tertiary/aromatic N) is 2. The second kappa shape index (κ2) is 6.58. The summed E-state index contributed by atoms with van der Waals surface area (Å²) in [5.41, 5.74) is 2.38. The molecule has 3 heteroatoms. The molecule has 0 bridgehead atoms. The third-order valence-electron chi connectivity index (χ3n) is 3.29. The largest absolute Gasteiger partial charge is 0.370 e. The van der Waals surface area contributed by atoms with Gasteiger partial charge in [0, 0.05) is 23.7 Å². The van der Waals surface area contributed by atoms with Crippen LogP contribution in [0.3, 0.4) is 0 Å². The SMILES string of the molecule is CCNc1nc(C(CC)CC)nc(CC)c1C. The third kappa shape index (κ3) is 3.18. The van der Waals surface area contributed by atoms with E-state index in [1.165, 1.54) is 11.3 Å². The van der Waals surface area contributed by atoms with E-state index in [0.29, 0.717) is 5.92 Å². The topological polar surface area (TPSA) is 37.8 Å². The fourth-order valence-corrected chi connectivity index (χ4v) is 2.10. The van der Waals surface area contributed by atoms with Crippen molar-refractivity contribution in [3.63, 3.8) is 0 Å². The number of nitrogens with one attached hydrogen (secondary N) is 1. The lowest BCUT2D eigenvalue weighted by atomic mass is 10.0. The van der Waals surface area contributed by atoms with Crippen LogP contribution >= 0.6 is 0 Å². The van der Waals surface area contributed by atoms with E-state index in [1.54, 1.807) is 0 Å². The van der Waals surface area contributed by atoms with Crippen LogP contribution in [-0.2, 0) is 6.42 Å². The molecule has 96 valence electrons. The predicted molar refractivity (Wildman–Crippen MR) is 73.6 cm³/mol. The summed E-state index contributed by atoms with van der Waals surface area (Å²) in [5.74, 6) is 2.51. The van der Waals surface area contributed by atoms with E-state index in [-0.39, 0.29) is 0 Å². The van der Waals surface area contributed by atoms with E-state index in [2.05, 4.69) is 39.9 Å². The van der Waals surface area contributed by atoms with E-state index in [4.69, 9.17) is 9.97 Å². The number of rotatable bonds is 6. The van der Waals surface area contributed by atoms with Gasteiger partial charge >= 0.3 is 0 Å².